The lowest BCUT2D eigenvalue weighted by Crippen LogP contribution is -2.34. The molecule has 0 radical (unpaired) electrons. The van der Waals surface area contributed by atoms with Crippen molar-refractivity contribution in [1.82, 2.24) is 5.32 Å². The van der Waals surface area contributed by atoms with Crippen molar-refractivity contribution in [1.29, 1.82) is 0 Å². The number of nitrogen functional groups attached to an aromatic ring is 1. The first-order chi connectivity index (χ1) is 9.08. The molecule has 1 amide bonds. The van der Waals surface area contributed by atoms with E-state index in [1.54, 1.807) is 17.4 Å². The number of amides is 1. The average molecular weight is 274 g/mol. The number of aryl methyl sites for hydroxylation is 1. The molecule has 2 aromatic rings. The SMILES string of the molecule is Cc1cccc(N)c1C(=O)NC(C)Cc1ccsc1. The lowest BCUT2D eigenvalue weighted by atomic mass is 10.0. The van der Waals surface area contributed by atoms with Crippen LogP contribution in [-0.2, 0) is 6.42 Å². The Morgan fingerprint density at radius 2 is 2.21 bits per heavy atom. The van der Waals surface area contributed by atoms with Gasteiger partial charge in [-0.25, -0.2) is 0 Å². The first kappa shape index (κ1) is 13.6. The molecule has 0 aliphatic carbocycles. The fourth-order valence-electron chi connectivity index (χ4n) is 2.11. The van der Waals surface area contributed by atoms with Gasteiger partial charge in [0.2, 0.25) is 0 Å². The van der Waals surface area contributed by atoms with E-state index in [-0.39, 0.29) is 11.9 Å². The Hall–Kier alpha value is -1.81. The molecule has 1 atom stereocenters. The normalized spacial score (nSPS) is 12.1. The van der Waals surface area contributed by atoms with Crippen molar-refractivity contribution in [2.24, 2.45) is 0 Å². The first-order valence-electron chi connectivity index (χ1n) is 6.25. The first-order valence-corrected chi connectivity index (χ1v) is 7.19. The highest BCUT2D eigenvalue weighted by atomic mass is 32.1. The van der Waals surface area contributed by atoms with Crippen LogP contribution in [0.5, 0.6) is 0 Å². The third kappa shape index (κ3) is 3.35. The van der Waals surface area contributed by atoms with E-state index in [4.69, 9.17) is 5.73 Å². The van der Waals surface area contributed by atoms with E-state index in [0.717, 1.165) is 12.0 Å². The summed E-state index contributed by atoms with van der Waals surface area (Å²) in [5.41, 5.74) is 9.13. The summed E-state index contributed by atoms with van der Waals surface area (Å²) in [7, 11) is 0. The number of carbonyl (C=O) groups excluding carboxylic acids is 1. The smallest absolute Gasteiger partial charge is 0.253 e. The zero-order chi connectivity index (χ0) is 13.8. The molecule has 4 heteroatoms. The van der Waals surface area contributed by atoms with E-state index in [1.807, 2.05) is 31.4 Å². The molecule has 1 aromatic heterocycles. The van der Waals surface area contributed by atoms with Gasteiger partial charge >= 0.3 is 0 Å². The van der Waals surface area contributed by atoms with Gasteiger partial charge in [0, 0.05) is 11.7 Å². The molecule has 0 saturated carbocycles. The van der Waals surface area contributed by atoms with Gasteiger partial charge in [-0.15, -0.1) is 0 Å². The van der Waals surface area contributed by atoms with Crippen LogP contribution in [-0.4, -0.2) is 11.9 Å². The van der Waals surface area contributed by atoms with Crippen molar-refractivity contribution in [2.45, 2.75) is 26.3 Å². The fourth-order valence-corrected chi connectivity index (χ4v) is 2.79. The van der Waals surface area contributed by atoms with Crippen LogP contribution in [0.2, 0.25) is 0 Å². The molecule has 1 aromatic carbocycles. The van der Waals surface area contributed by atoms with E-state index in [2.05, 4.69) is 16.8 Å². The van der Waals surface area contributed by atoms with E-state index in [0.29, 0.717) is 11.3 Å². The highest BCUT2D eigenvalue weighted by Gasteiger charge is 2.15. The number of benzene rings is 1. The topological polar surface area (TPSA) is 55.1 Å². The van der Waals surface area contributed by atoms with Crippen LogP contribution < -0.4 is 11.1 Å². The molecule has 2 rings (SSSR count). The van der Waals surface area contributed by atoms with E-state index in [9.17, 15) is 4.79 Å². The summed E-state index contributed by atoms with van der Waals surface area (Å²) in [6, 6.07) is 7.67. The third-order valence-electron chi connectivity index (χ3n) is 3.03. The molecule has 1 heterocycles. The summed E-state index contributed by atoms with van der Waals surface area (Å²) in [5, 5.41) is 7.15. The summed E-state index contributed by atoms with van der Waals surface area (Å²) in [6.45, 7) is 3.90. The third-order valence-corrected chi connectivity index (χ3v) is 3.76. The van der Waals surface area contributed by atoms with Gasteiger partial charge in [-0.3, -0.25) is 4.79 Å². The van der Waals surface area contributed by atoms with Gasteiger partial charge in [-0.1, -0.05) is 12.1 Å². The summed E-state index contributed by atoms with van der Waals surface area (Å²) < 4.78 is 0. The summed E-state index contributed by atoms with van der Waals surface area (Å²) in [4.78, 5) is 12.2. The van der Waals surface area contributed by atoms with Crippen molar-refractivity contribution in [3.8, 4) is 0 Å². The van der Waals surface area contributed by atoms with Gasteiger partial charge in [-0.2, -0.15) is 11.3 Å². The lowest BCUT2D eigenvalue weighted by molar-refractivity contribution is 0.0940. The van der Waals surface area contributed by atoms with Crippen LogP contribution in [0.25, 0.3) is 0 Å². The highest BCUT2D eigenvalue weighted by molar-refractivity contribution is 7.07. The molecule has 0 fully saturated rings. The fraction of sp³-hybridized carbons (Fsp3) is 0.267. The molecule has 3 nitrogen and oxygen atoms in total. The number of anilines is 1. The molecule has 19 heavy (non-hydrogen) atoms. The molecule has 0 aliphatic rings. The Kier molecular flexibility index (Phi) is 4.22. The summed E-state index contributed by atoms with van der Waals surface area (Å²) in [5.74, 6) is -0.0988. The molecule has 1 unspecified atom stereocenters. The van der Waals surface area contributed by atoms with Crippen LogP contribution in [0.15, 0.2) is 35.0 Å². The number of carbonyl (C=O) groups is 1. The van der Waals surface area contributed by atoms with Gasteiger partial charge in [0.05, 0.1) is 5.56 Å². The van der Waals surface area contributed by atoms with Crippen molar-refractivity contribution in [3.63, 3.8) is 0 Å². The van der Waals surface area contributed by atoms with Gasteiger partial charge in [0.15, 0.2) is 0 Å². The number of thiophene rings is 1. The summed E-state index contributed by atoms with van der Waals surface area (Å²) >= 11 is 1.67. The van der Waals surface area contributed by atoms with E-state index < -0.39 is 0 Å². The van der Waals surface area contributed by atoms with Crippen molar-refractivity contribution in [2.75, 3.05) is 5.73 Å². The maximum Gasteiger partial charge on any atom is 0.253 e. The molecule has 0 saturated heterocycles. The second kappa shape index (κ2) is 5.89. The minimum Gasteiger partial charge on any atom is -0.398 e. The molecular weight excluding hydrogens is 256 g/mol. The number of nitrogens with two attached hydrogens (primary N) is 1. The number of hydrogen-bond acceptors (Lipinski definition) is 3. The van der Waals surface area contributed by atoms with Crippen LogP contribution in [0, 0.1) is 6.92 Å². The van der Waals surface area contributed by atoms with Crippen molar-refractivity contribution < 1.29 is 4.79 Å². The monoisotopic (exact) mass is 274 g/mol. The number of hydrogen-bond donors (Lipinski definition) is 2. The zero-order valence-electron chi connectivity index (χ0n) is 11.1. The standard InChI is InChI=1S/C15H18N2OS/c1-10-4-3-5-13(16)14(10)15(18)17-11(2)8-12-6-7-19-9-12/h3-7,9,11H,8,16H2,1-2H3,(H,17,18). The Morgan fingerprint density at radius 3 is 2.84 bits per heavy atom. The minimum atomic E-state index is -0.0988. The Labute approximate surface area is 117 Å². The molecular formula is C15H18N2OS. The Morgan fingerprint density at radius 1 is 1.42 bits per heavy atom. The maximum atomic E-state index is 12.2. The lowest BCUT2D eigenvalue weighted by Gasteiger charge is -2.15. The van der Waals surface area contributed by atoms with E-state index >= 15 is 0 Å². The predicted molar refractivity (Wildman–Crippen MR) is 80.5 cm³/mol. The molecule has 0 aliphatic heterocycles. The van der Waals surface area contributed by atoms with Crippen LogP contribution in [0.3, 0.4) is 0 Å². The molecule has 0 bridgehead atoms. The molecule has 0 spiro atoms. The Balaban J connectivity index is 2.04. The number of nitrogens with one attached hydrogen (secondary N) is 1. The van der Waals surface area contributed by atoms with Gasteiger partial charge < -0.3 is 11.1 Å². The second-order valence-corrected chi connectivity index (χ2v) is 5.53. The molecule has 100 valence electrons. The molecule has 3 N–H and O–H groups in total. The average Bonchev–Trinajstić information content (AvgIpc) is 2.81. The predicted octanol–water partition coefficient (Wildman–Crippen LogP) is 3.00. The zero-order valence-corrected chi connectivity index (χ0v) is 12.0. The quantitative estimate of drug-likeness (QED) is 0.842. The van der Waals surface area contributed by atoms with Crippen LogP contribution in [0.4, 0.5) is 5.69 Å². The summed E-state index contributed by atoms with van der Waals surface area (Å²) in [6.07, 6.45) is 0.834. The van der Waals surface area contributed by atoms with Gasteiger partial charge in [-0.05, 0) is 54.3 Å². The second-order valence-electron chi connectivity index (χ2n) is 4.75. The largest absolute Gasteiger partial charge is 0.398 e. The minimum absolute atomic E-state index is 0.0844. The number of rotatable bonds is 4. The maximum absolute atomic E-state index is 12.2. The van der Waals surface area contributed by atoms with E-state index in [1.165, 1.54) is 5.56 Å². The van der Waals surface area contributed by atoms with Gasteiger partial charge in [0.25, 0.3) is 5.91 Å². The van der Waals surface area contributed by atoms with Crippen LogP contribution in [0.1, 0.15) is 28.4 Å². The highest BCUT2D eigenvalue weighted by Crippen LogP contribution is 2.16. The van der Waals surface area contributed by atoms with Crippen LogP contribution >= 0.6 is 11.3 Å². The van der Waals surface area contributed by atoms with Crippen molar-refractivity contribution >= 4 is 22.9 Å². The van der Waals surface area contributed by atoms with Gasteiger partial charge in [0.1, 0.15) is 0 Å². The van der Waals surface area contributed by atoms with Crippen molar-refractivity contribution in [3.05, 3.63) is 51.7 Å². The Bertz CT molecular complexity index is 543.